The molecule has 4 nitrogen and oxygen atoms in total. The molecule has 0 radical (unpaired) electrons. The summed E-state index contributed by atoms with van der Waals surface area (Å²) in [6.07, 6.45) is 1.34. The van der Waals surface area contributed by atoms with Crippen LogP contribution in [0.3, 0.4) is 0 Å². The summed E-state index contributed by atoms with van der Waals surface area (Å²) in [5.41, 5.74) is 3.06. The summed E-state index contributed by atoms with van der Waals surface area (Å²) in [4.78, 5) is 0. The lowest BCUT2D eigenvalue weighted by atomic mass is 10.2. The molecule has 0 atom stereocenters. The van der Waals surface area contributed by atoms with Gasteiger partial charge in [-0.25, -0.2) is 0 Å². The fourth-order valence-corrected chi connectivity index (χ4v) is 1.80. The normalized spacial score (nSPS) is 10.7. The van der Waals surface area contributed by atoms with Crippen LogP contribution in [0.2, 0.25) is 0 Å². The third-order valence-electron chi connectivity index (χ3n) is 2.91. The first kappa shape index (κ1) is 13.9. The molecule has 20 heavy (non-hydrogen) atoms. The van der Waals surface area contributed by atoms with Crippen LogP contribution in [0.1, 0.15) is 16.7 Å². The average Bonchev–Trinajstić information content (AvgIpc) is 2.47. The van der Waals surface area contributed by atoms with Crippen molar-refractivity contribution in [3.8, 4) is 11.5 Å². The van der Waals surface area contributed by atoms with Gasteiger partial charge in [0, 0.05) is 5.56 Å². The Balaban J connectivity index is 2.10. The maximum Gasteiger partial charge on any atom is 0.161 e. The molecular formula is C16H17NO3. The van der Waals surface area contributed by atoms with Crippen LogP contribution in [0, 0.1) is 6.92 Å². The number of ether oxygens (including phenoxy) is 2. The van der Waals surface area contributed by atoms with Gasteiger partial charge in [0.25, 0.3) is 0 Å². The Morgan fingerprint density at radius 2 is 1.85 bits per heavy atom. The van der Waals surface area contributed by atoms with Crippen molar-refractivity contribution in [2.75, 3.05) is 7.11 Å². The van der Waals surface area contributed by atoms with Gasteiger partial charge >= 0.3 is 0 Å². The van der Waals surface area contributed by atoms with Crippen molar-refractivity contribution in [1.29, 1.82) is 0 Å². The number of hydrogen-bond acceptors (Lipinski definition) is 4. The van der Waals surface area contributed by atoms with E-state index >= 15 is 0 Å². The molecule has 0 saturated heterocycles. The molecule has 104 valence electrons. The van der Waals surface area contributed by atoms with Crippen LogP contribution in [-0.4, -0.2) is 18.5 Å². The molecule has 2 aromatic rings. The van der Waals surface area contributed by atoms with E-state index in [-0.39, 0.29) is 0 Å². The van der Waals surface area contributed by atoms with E-state index in [0.29, 0.717) is 18.1 Å². The van der Waals surface area contributed by atoms with E-state index in [0.717, 1.165) is 11.1 Å². The number of nitrogens with zero attached hydrogens (tertiary/aromatic N) is 1. The van der Waals surface area contributed by atoms with Gasteiger partial charge in [0.05, 0.1) is 13.3 Å². The van der Waals surface area contributed by atoms with E-state index in [1.165, 1.54) is 11.8 Å². The van der Waals surface area contributed by atoms with E-state index in [1.54, 1.807) is 25.3 Å². The Morgan fingerprint density at radius 3 is 2.50 bits per heavy atom. The van der Waals surface area contributed by atoms with Crippen molar-refractivity contribution in [2.24, 2.45) is 5.16 Å². The number of rotatable bonds is 5. The third-order valence-corrected chi connectivity index (χ3v) is 2.91. The van der Waals surface area contributed by atoms with Crippen LogP contribution in [0.4, 0.5) is 0 Å². The number of methoxy groups -OCH3 is 1. The molecule has 0 aliphatic heterocycles. The molecule has 1 N–H and O–H groups in total. The highest BCUT2D eigenvalue weighted by atomic mass is 16.5. The van der Waals surface area contributed by atoms with E-state index < -0.39 is 0 Å². The first-order chi connectivity index (χ1) is 9.72. The Labute approximate surface area is 118 Å². The predicted octanol–water partition coefficient (Wildman–Crippen LogP) is 3.39. The predicted molar refractivity (Wildman–Crippen MR) is 77.9 cm³/mol. The van der Waals surface area contributed by atoms with Crippen molar-refractivity contribution in [2.45, 2.75) is 13.5 Å². The summed E-state index contributed by atoms with van der Waals surface area (Å²) in [5.74, 6) is 1.26. The second-order valence-corrected chi connectivity index (χ2v) is 4.43. The van der Waals surface area contributed by atoms with Crippen LogP contribution in [0.25, 0.3) is 0 Å². The monoisotopic (exact) mass is 271 g/mol. The van der Waals surface area contributed by atoms with Crippen LogP contribution in [0.15, 0.2) is 47.6 Å². The summed E-state index contributed by atoms with van der Waals surface area (Å²) < 4.78 is 11.0. The smallest absolute Gasteiger partial charge is 0.161 e. The molecule has 0 aliphatic carbocycles. The first-order valence-electron chi connectivity index (χ1n) is 6.27. The molecule has 0 unspecified atom stereocenters. The zero-order valence-electron chi connectivity index (χ0n) is 11.5. The molecular weight excluding hydrogens is 254 g/mol. The van der Waals surface area contributed by atoms with E-state index in [1.807, 2.05) is 12.1 Å². The van der Waals surface area contributed by atoms with Crippen LogP contribution >= 0.6 is 0 Å². The second kappa shape index (κ2) is 6.61. The molecule has 2 aromatic carbocycles. The largest absolute Gasteiger partial charge is 0.493 e. The summed E-state index contributed by atoms with van der Waals surface area (Å²) in [5, 5.41) is 11.5. The summed E-state index contributed by atoms with van der Waals surface area (Å²) in [6.45, 7) is 2.53. The van der Waals surface area contributed by atoms with E-state index in [4.69, 9.17) is 14.7 Å². The first-order valence-corrected chi connectivity index (χ1v) is 6.27. The van der Waals surface area contributed by atoms with Gasteiger partial charge in [-0.15, -0.1) is 0 Å². The number of aryl methyl sites for hydroxylation is 1. The Bertz CT molecular complexity index is 591. The van der Waals surface area contributed by atoms with Gasteiger partial charge in [-0.05, 0) is 30.7 Å². The Kier molecular flexibility index (Phi) is 4.60. The second-order valence-electron chi connectivity index (χ2n) is 4.43. The van der Waals surface area contributed by atoms with Crippen molar-refractivity contribution < 1.29 is 14.7 Å². The molecule has 0 aromatic heterocycles. The number of oxime groups is 1. The lowest BCUT2D eigenvalue weighted by molar-refractivity contribution is 0.284. The highest BCUT2D eigenvalue weighted by Gasteiger charge is 2.05. The lowest BCUT2D eigenvalue weighted by Crippen LogP contribution is -1.98. The number of hydrogen-bond donors (Lipinski definition) is 1. The summed E-state index contributed by atoms with van der Waals surface area (Å²) in [7, 11) is 1.58. The van der Waals surface area contributed by atoms with E-state index in [2.05, 4.69) is 24.2 Å². The van der Waals surface area contributed by atoms with Crippen LogP contribution in [0.5, 0.6) is 11.5 Å². The van der Waals surface area contributed by atoms with Crippen LogP contribution in [-0.2, 0) is 6.61 Å². The maximum absolute atomic E-state index is 8.52. The summed E-state index contributed by atoms with van der Waals surface area (Å²) >= 11 is 0. The molecule has 4 heteroatoms. The molecule has 0 bridgehead atoms. The minimum atomic E-state index is 0.476. The topological polar surface area (TPSA) is 51.0 Å². The van der Waals surface area contributed by atoms with Gasteiger partial charge in [0.1, 0.15) is 6.61 Å². The molecule has 0 heterocycles. The molecule has 2 rings (SSSR count). The minimum absolute atomic E-state index is 0.476. The minimum Gasteiger partial charge on any atom is -0.493 e. The SMILES string of the molecule is COc1cc(/C=N/O)ccc1OCc1ccc(C)cc1. The highest BCUT2D eigenvalue weighted by Crippen LogP contribution is 2.28. The Morgan fingerprint density at radius 1 is 1.10 bits per heavy atom. The van der Waals surface area contributed by atoms with Crippen LogP contribution < -0.4 is 9.47 Å². The molecule has 0 saturated carbocycles. The Hall–Kier alpha value is -2.49. The average molecular weight is 271 g/mol. The fraction of sp³-hybridized carbons (Fsp3) is 0.188. The standard InChI is InChI=1S/C16H17NO3/c1-12-3-5-13(6-4-12)11-20-15-8-7-14(10-17-18)9-16(15)19-2/h3-10,18H,11H2,1-2H3/b17-10+. The van der Waals surface area contributed by atoms with Crippen molar-refractivity contribution in [3.63, 3.8) is 0 Å². The quantitative estimate of drug-likeness (QED) is 0.515. The zero-order chi connectivity index (χ0) is 14.4. The van der Waals surface area contributed by atoms with Crippen molar-refractivity contribution in [1.82, 2.24) is 0 Å². The molecule has 0 spiro atoms. The van der Waals surface area contributed by atoms with E-state index in [9.17, 15) is 0 Å². The molecule has 0 aliphatic rings. The van der Waals surface area contributed by atoms with Crippen molar-refractivity contribution >= 4 is 6.21 Å². The maximum atomic E-state index is 8.52. The summed E-state index contributed by atoms with van der Waals surface area (Å²) in [6, 6.07) is 13.5. The van der Waals surface area contributed by atoms with Gasteiger partial charge < -0.3 is 14.7 Å². The zero-order valence-corrected chi connectivity index (χ0v) is 11.5. The lowest BCUT2D eigenvalue weighted by Gasteiger charge is -2.11. The van der Waals surface area contributed by atoms with Gasteiger partial charge in [-0.2, -0.15) is 0 Å². The fourth-order valence-electron chi connectivity index (χ4n) is 1.80. The van der Waals surface area contributed by atoms with Gasteiger partial charge in [0.15, 0.2) is 11.5 Å². The van der Waals surface area contributed by atoms with Crippen molar-refractivity contribution in [3.05, 3.63) is 59.2 Å². The van der Waals surface area contributed by atoms with Gasteiger partial charge in [-0.3, -0.25) is 0 Å². The highest BCUT2D eigenvalue weighted by molar-refractivity contribution is 5.80. The third kappa shape index (κ3) is 3.51. The molecule has 0 fully saturated rings. The number of benzene rings is 2. The molecule has 0 amide bonds. The van der Waals surface area contributed by atoms with Gasteiger partial charge in [0.2, 0.25) is 0 Å². The van der Waals surface area contributed by atoms with Gasteiger partial charge in [-0.1, -0.05) is 35.0 Å².